The Morgan fingerprint density at radius 2 is 2.09 bits per heavy atom. The van der Waals surface area contributed by atoms with Crippen molar-refractivity contribution in [3.63, 3.8) is 0 Å². The molecule has 0 aromatic carbocycles. The number of piperidine rings is 1. The average molecular weight is 300 g/mol. The molecule has 1 aromatic heterocycles. The van der Waals surface area contributed by atoms with Gasteiger partial charge < -0.3 is 5.32 Å². The molecule has 0 bridgehead atoms. The predicted octanol–water partition coefficient (Wildman–Crippen LogP) is 2.20. The monoisotopic (exact) mass is 300 g/mol. The Kier molecular flexibility index (Phi) is 5.15. The number of anilines is 1. The molecule has 1 aliphatic heterocycles. The fourth-order valence-corrected chi connectivity index (χ4v) is 2.60. The molecule has 1 fully saturated rings. The zero-order valence-electron chi connectivity index (χ0n) is 13.6. The number of carbonyl (C=O) groups is 1. The summed E-state index contributed by atoms with van der Waals surface area (Å²) < 4.78 is 0. The van der Waals surface area contributed by atoms with Gasteiger partial charge in [-0.05, 0) is 19.4 Å². The van der Waals surface area contributed by atoms with Crippen molar-refractivity contribution in [2.24, 2.45) is 0 Å². The van der Waals surface area contributed by atoms with Crippen LogP contribution in [0.5, 0.6) is 0 Å². The van der Waals surface area contributed by atoms with Gasteiger partial charge in [0, 0.05) is 5.41 Å². The van der Waals surface area contributed by atoms with Crippen molar-refractivity contribution in [2.75, 3.05) is 18.4 Å². The maximum Gasteiger partial charge on any atom is 0.241 e. The minimum atomic E-state index is -0.160. The van der Waals surface area contributed by atoms with E-state index in [0.29, 0.717) is 12.2 Å². The van der Waals surface area contributed by atoms with Crippen molar-refractivity contribution in [1.82, 2.24) is 14.9 Å². The number of hydrogen-bond acceptors (Lipinski definition) is 4. The molecular formula is C17H24N4O. The Hall–Kier alpha value is -1.93. The molecule has 0 saturated carbocycles. The number of amides is 1. The van der Waals surface area contributed by atoms with Gasteiger partial charge >= 0.3 is 0 Å². The van der Waals surface area contributed by atoms with E-state index >= 15 is 0 Å². The lowest BCUT2D eigenvalue weighted by molar-refractivity contribution is -0.122. The molecule has 2 rings (SSSR count). The fourth-order valence-electron chi connectivity index (χ4n) is 2.60. The van der Waals surface area contributed by atoms with Crippen molar-refractivity contribution >= 4 is 11.6 Å². The van der Waals surface area contributed by atoms with Gasteiger partial charge in [-0.3, -0.25) is 9.69 Å². The van der Waals surface area contributed by atoms with Gasteiger partial charge in [0.05, 0.1) is 30.7 Å². The molecule has 1 saturated heterocycles. The topological polar surface area (TPSA) is 58.1 Å². The normalized spacial score (nSPS) is 19.5. The molecule has 0 spiro atoms. The first kappa shape index (κ1) is 16.4. The van der Waals surface area contributed by atoms with E-state index in [2.05, 4.69) is 46.9 Å². The van der Waals surface area contributed by atoms with Crippen LogP contribution in [0.1, 0.15) is 45.9 Å². The Morgan fingerprint density at radius 1 is 1.41 bits per heavy atom. The summed E-state index contributed by atoms with van der Waals surface area (Å²) in [6.07, 6.45) is 11.7. The minimum Gasteiger partial charge on any atom is -0.322 e. The van der Waals surface area contributed by atoms with Gasteiger partial charge in [-0.1, -0.05) is 33.1 Å². The van der Waals surface area contributed by atoms with Crippen molar-refractivity contribution < 1.29 is 4.79 Å². The van der Waals surface area contributed by atoms with Gasteiger partial charge in [-0.25, -0.2) is 9.97 Å². The van der Waals surface area contributed by atoms with E-state index in [1.807, 2.05) is 0 Å². The van der Waals surface area contributed by atoms with Crippen LogP contribution in [0, 0.1) is 12.3 Å². The van der Waals surface area contributed by atoms with Crippen LogP contribution in [0.2, 0.25) is 0 Å². The molecule has 1 N–H and O–H groups in total. The van der Waals surface area contributed by atoms with Gasteiger partial charge in [0.1, 0.15) is 5.82 Å². The fraction of sp³-hybridized carbons (Fsp3) is 0.588. The molecule has 1 atom stereocenters. The van der Waals surface area contributed by atoms with Crippen molar-refractivity contribution in [3.8, 4) is 12.3 Å². The second-order valence-electron chi connectivity index (χ2n) is 6.72. The number of rotatable bonds is 3. The Bertz CT molecular complexity index is 554. The molecule has 22 heavy (non-hydrogen) atoms. The van der Waals surface area contributed by atoms with E-state index in [4.69, 9.17) is 6.42 Å². The molecule has 5 heteroatoms. The van der Waals surface area contributed by atoms with Crippen molar-refractivity contribution in [2.45, 2.75) is 51.5 Å². The molecule has 118 valence electrons. The molecule has 0 aliphatic carbocycles. The molecule has 2 heterocycles. The van der Waals surface area contributed by atoms with E-state index in [1.165, 1.54) is 0 Å². The first-order valence-electron chi connectivity index (χ1n) is 7.72. The lowest BCUT2D eigenvalue weighted by Crippen LogP contribution is -2.47. The lowest BCUT2D eigenvalue weighted by Gasteiger charge is -2.33. The Labute approximate surface area is 132 Å². The van der Waals surface area contributed by atoms with Crippen LogP contribution in [-0.2, 0) is 10.2 Å². The molecule has 1 amide bonds. The van der Waals surface area contributed by atoms with Crippen LogP contribution in [0.25, 0.3) is 0 Å². The second-order valence-corrected chi connectivity index (χ2v) is 6.72. The van der Waals surface area contributed by atoms with Crippen molar-refractivity contribution in [1.29, 1.82) is 0 Å². The first-order chi connectivity index (χ1) is 10.4. The maximum atomic E-state index is 12.5. The van der Waals surface area contributed by atoms with Gasteiger partial charge in [-0.15, -0.1) is 6.42 Å². The number of nitrogens with zero attached hydrogens (tertiary/aromatic N) is 3. The first-order valence-corrected chi connectivity index (χ1v) is 7.72. The highest BCUT2D eigenvalue weighted by Crippen LogP contribution is 2.20. The zero-order valence-corrected chi connectivity index (χ0v) is 13.6. The summed E-state index contributed by atoms with van der Waals surface area (Å²) >= 11 is 0. The third-order valence-electron chi connectivity index (χ3n) is 3.80. The third-order valence-corrected chi connectivity index (χ3v) is 3.80. The number of aromatic nitrogens is 2. The number of carbonyl (C=O) groups excluding carboxylic acids is 1. The smallest absolute Gasteiger partial charge is 0.241 e. The number of likely N-dealkylation sites (tertiary alicyclic amines) is 1. The SMILES string of the molecule is C#CCN1CCCC[C@@H]1C(=O)Nc1cnc(C(C)(C)C)nc1. The summed E-state index contributed by atoms with van der Waals surface area (Å²) in [6.45, 7) is 7.56. The van der Waals surface area contributed by atoms with Crippen molar-refractivity contribution in [3.05, 3.63) is 18.2 Å². The molecule has 1 aliphatic rings. The summed E-state index contributed by atoms with van der Waals surface area (Å²) in [7, 11) is 0. The highest BCUT2D eigenvalue weighted by Gasteiger charge is 2.28. The quantitative estimate of drug-likeness (QED) is 0.870. The Morgan fingerprint density at radius 3 is 2.68 bits per heavy atom. The van der Waals surface area contributed by atoms with E-state index in [1.54, 1.807) is 12.4 Å². The van der Waals surface area contributed by atoms with Crippen LogP contribution in [0.15, 0.2) is 12.4 Å². The molecule has 1 aromatic rings. The van der Waals surface area contributed by atoms with E-state index in [9.17, 15) is 4.79 Å². The summed E-state index contributed by atoms with van der Waals surface area (Å²) in [6, 6.07) is -0.160. The van der Waals surface area contributed by atoms with Crippen LogP contribution in [0.3, 0.4) is 0 Å². The minimum absolute atomic E-state index is 0.0259. The van der Waals surface area contributed by atoms with E-state index < -0.39 is 0 Å². The van der Waals surface area contributed by atoms with Gasteiger partial charge in [-0.2, -0.15) is 0 Å². The zero-order chi connectivity index (χ0) is 16.2. The highest BCUT2D eigenvalue weighted by molar-refractivity contribution is 5.94. The standard InChI is InChI=1S/C17H24N4O/c1-5-9-21-10-7-6-8-14(21)15(22)20-13-11-18-16(19-12-13)17(2,3)4/h1,11-12,14H,6-10H2,2-4H3,(H,20,22)/t14-/m1/s1. The van der Waals surface area contributed by atoms with Crippen LogP contribution < -0.4 is 5.32 Å². The number of terminal acetylenes is 1. The molecule has 0 radical (unpaired) electrons. The number of nitrogens with one attached hydrogen (secondary N) is 1. The largest absolute Gasteiger partial charge is 0.322 e. The second kappa shape index (κ2) is 6.89. The maximum absolute atomic E-state index is 12.5. The molecular weight excluding hydrogens is 276 g/mol. The third kappa shape index (κ3) is 4.05. The lowest BCUT2D eigenvalue weighted by atomic mass is 9.96. The van der Waals surface area contributed by atoms with Crippen LogP contribution >= 0.6 is 0 Å². The van der Waals surface area contributed by atoms with Gasteiger partial charge in [0.2, 0.25) is 5.91 Å². The predicted molar refractivity (Wildman–Crippen MR) is 87.4 cm³/mol. The highest BCUT2D eigenvalue weighted by atomic mass is 16.2. The summed E-state index contributed by atoms with van der Waals surface area (Å²) in [5.41, 5.74) is 0.527. The van der Waals surface area contributed by atoms with E-state index in [0.717, 1.165) is 31.6 Å². The van der Waals surface area contributed by atoms with Crippen LogP contribution in [0.4, 0.5) is 5.69 Å². The van der Waals surface area contributed by atoms with Gasteiger partial charge in [0.15, 0.2) is 0 Å². The summed E-state index contributed by atoms with van der Waals surface area (Å²) in [4.78, 5) is 23.2. The molecule has 5 nitrogen and oxygen atoms in total. The summed E-state index contributed by atoms with van der Waals surface area (Å²) in [5.74, 6) is 3.37. The molecule has 0 unspecified atom stereocenters. The van der Waals surface area contributed by atoms with Crippen LogP contribution in [-0.4, -0.2) is 39.9 Å². The summed E-state index contributed by atoms with van der Waals surface area (Å²) in [5, 5.41) is 2.90. The number of hydrogen-bond donors (Lipinski definition) is 1. The van der Waals surface area contributed by atoms with E-state index in [-0.39, 0.29) is 17.4 Å². The Balaban J connectivity index is 2.03. The average Bonchev–Trinajstić information content (AvgIpc) is 2.47. The van der Waals surface area contributed by atoms with Gasteiger partial charge in [0.25, 0.3) is 0 Å².